The van der Waals surface area contributed by atoms with Gasteiger partial charge in [-0.3, -0.25) is 0 Å². The molecule has 0 amide bonds. The van der Waals surface area contributed by atoms with E-state index in [-0.39, 0.29) is 23.7 Å². The summed E-state index contributed by atoms with van der Waals surface area (Å²) in [6, 6.07) is 9.16. The number of nitriles is 1. The normalized spacial score (nSPS) is 28.2. The molecule has 4 saturated carbocycles. The number of rotatable bonds is 9. The molecule has 6 rings (SSSR count). The van der Waals surface area contributed by atoms with Crippen molar-refractivity contribution in [2.45, 2.75) is 70.9 Å². The van der Waals surface area contributed by atoms with E-state index in [1.807, 2.05) is 0 Å². The Balaban J connectivity index is 1.26. The number of alkyl halides is 3. The van der Waals surface area contributed by atoms with Crippen molar-refractivity contribution in [1.82, 2.24) is 15.3 Å². The molecule has 1 aromatic heterocycles. The van der Waals surface area contributed by atoms with Crippen LogP contribution in [0.15, 0.2) is 30.5 Å². The van der Waals surface area contributed by atoms with Crippen molar-refractivity contribution in [3.63, 3.8) is 0 Å². The number of halogens is 3. The van der Waals surface area contributed by atoms with Gasteiger partial charge in [-0.05, 0) is 61.3 Å². The molecule has 37 heavy (non-hydrogen) atoms. The topological polar surface area (TPSA) is 94.9 Å². The van der Waals surface area contributed by atoms with Crippen LogP contribution in [0.25, 0.3) is 0 Å². The second kappa shape index (κ2) is 10.0. The SMILES string of the molecule is CC(C)N[C@@H]1[C@@H]2CC3C[C@H]1C[C@](CNc1nc(NCc4ccccc4OC(F)(F)F)ncc1C#N)(C3)C2. The van der Waals surface area contributed by atoms with Gasteiger partial charge < -0.3 is 20.7 Å². The zero-order valence-corrected chi connectivity index (χ0v) is 21.1. The summed E-state index contributed by atoms with van der Waals surface area (Å²) >= 11 is 0. The highest BCUT2D eigenvalue weighted by atomic mass is 19.4. The third-order valence-electron chi connectivity index (χ3n) is 8.10. The monoisotopic (exact) mass is 514 g/mol. The average molecular weight is 515 g/mol. The van der Waals surface area contributed by atoms with Crippen LogP contribution in [0.2, 0.25) is 0 Å². The standard InChI is InChI=1S/C27H33F3N6O/c1-16(2)35-23-19-7-17-8-20(23)11-26(9-17,10-19)15-34-24-21(12-31)14-33-25(36-24)32-13-18-5-3-4-6-22(18)37-27(28,29)30/h3-6,14,16-17,19-20,23,35H,7-11,13,15H2,1-2H3,(H2,32,33,34,36)/t17?,19-,20+,23-,26+. The van der Waals surface area contributed by atoms with Crippen molar-refractivity contribution in [2.24, 2.45) is 23.2 Å². The molecule has 0 radical (unpaired) electrons. The van der Waals surface area contributed by atoms with Crippen LogP contribution in [-0.4, -0.2) is 35.0 Å². The molecule has 4 aliphatic rings. The second-order valence-corrected chi connectivity index (χ2v) is 11.2. The van der Waals surface area contributed by atoms with E-state index in [9.17, 15) is 18.4 Å². The van der Waals surface area contributed by atoms with Gasteiger partial charge >= 0.3 is 6.36 Å². The van der Waals surface area contributed by atoms with E-state index in [1.165, 1.54) is 50.4 Å². The first-order valence-corrected chi connectivity index (χ1v) is 13.0. The quantitative estimate of drug-likeness (QED) is 0.409. The Bertz CT molecular complexity index is 1150. The molecule has 0 saturated heterocycles. The minimum atomic E-state index is -4.78. The molecular weight excluding hydrogens is 481 g/mol. The molecule has 4 aliphatic carbocycles. The van der Waals surface area contributed by atoms with Gasteiger partial charge in [-0.25, -0.2) is 4.98 Å². The van der Waals surface area contributed by atoms with Crippen LogP contribution in [0.5, 0.6) is 5.75 Å². The molecule has 10 heteroatoms. The second-order valence-electron chi connectivity index (χ2n) is 11.2. The lowest BCUT2D eigenvalue weighted by Crippen LogP contribution is -2.60. The van der Waals surface area contributed by atoms with Gasteiger partial charge in [0.2, 0.25) is 5.95 Å². The predicted octanol–water partition coefficient (Wildman–Crippen LogP) is 5.46. The van der Waals surface area contributed by atoms with Gasteiger partial charge in [-0.15, -0.1) is 13.2 Å². The number of para-hydroxylation sites is 1. The van der Waals surface area contributed by atoms with Crippen LogP contribution in [0.1, 0.15) is 57.1 Å². The molecular formula is C27H33F3N6O. The molecule has 1 heterocycles. The maximum atomic E-state index is 12.7. The molecule has 4 fully saturated rings. The van der Waals surface area contributed by atoms with Crippen LogP contribution in [0, 0.1) is 34.5 Å². The number of nitrogens with zero attached hydrogens (tertiary/aromatic N) is 3. The van der Waals surface area contributed by atoms with Crippen molar-refractivity contribution in [2.75, 3.05) is 17.2 Å². The van der Waals surface area contributed by atoms with Crippen LogP contribution in [0.4, 0.5) is 24.9 Å². The average Bonchev–Trinajstić information content (AvgIpc) is 2.83. The molecule has 2 aromatic rings. The fourth-order valence-corrected chi connectivity index (χ4v) is 7.07. The zero-order valence-electron chi connectivity index (χ0n) is 21.1. The largest absolute Gasteiger partial charge is 0.573 e. The van der Waals surface area contributed by atoms with E-state index < -0.39 is 6.36 Å². The van der Waals surface area contributed by atoms with Crippen molar-refractivity contribution in [1.29, 1.82) is 5.26 Å². The smallest absolute Gasteiger partial charge is 0.405 e. The lowest BCUT2D eigenvalue weighted by molar-refractivity contribution is -0.274. The Morgan fingerprint density at radius 2 is 1.86 bits per heavy atom. The summed E-state index contributed by atoms with van der Waals surface area (Å²) in [7, 11) is 0. The van der Waals surface area contributed by atoms with Crippen LogP contribution < -0.4 is 20.7 Å². The van der Waals surface area contributed by atoms with E-state index in [1.54, 1.807) is 12.1 Å². The van der Waals surface area contributed by atoms with Gasteiger partial charge in [0, 0.05) is 30.7 Å². The van der Waals surface area contributed by atoms with E-state index in [0.717, 1.165) is 12.5 Å². The number of hydrogen-bond acceptors (Lipinski definition) is 7. The maximum Gasteiger partial charge on any atom is 0.573 e. The first-order valence-electron chi connectivity index (χ1n) is 13.0. The number of benzene rings is 1. The lowest BCUT2D eigenvalue weighted by Gasteiger charge is -2.60. The Morgan fingerprint density at radius 3 is 2.54 bits per heavy atom. The van der Waals surface area contributed by atoms with Gasteiger partial charge in [0.05, 0.1) is 6.20 Å². The number of hydrogen-bond donors (Lipinski definition) is 3. The summed E-state index contributed by atoms with van der Waals surface area (Å²) in [6.07, 6.45) is 2.81. The highest BCUT2D eigenvalue weighted by Crippen LogP contribution is 2.60. The van der Waals surface area contributed by atoms with Crippen LogP contribution >= 0.6 is 0 Å². The minimum absolute atomic E-state index is 0.0385. The fraction of sp³-hybridized carbons (Fsp3) is 0.593. The summed E-state index contributed by atoms with van der Waals surface area (Å²) in [4.78, 5) is 8.69. The van der Waals surface area contributed by atoms with E-state index >= 15 is 0 Å². The molecule has 5 atom stereocenters. The maximum absolute atomic E-state index is 12.7. The summed E-state index contributed by atoms with van der Waals surface area (Å²) < 4.78 is 42.4. The first-order chi connectivity index (χ1) is 17.6. The third-order valence-corrected chi connectivity index (χ3v) is 8.10. The highest BCUT2D eigenvalue weighted by molar-refractivity contribution is 5.53. The van der Waals surface area contributed by atoms with E-state index in [4.69, 9.17) is 0 Å². The highest BCUT2D eigenvalue weighted by Gasteiger charge is 2.55. The molecule has 0 spiro atoms. The number of ether oxygens (including phenoxy) is 1. The first kappa shape index (κ1) is 25.6. The van der Waals surface area contributed by atoms with Crippen LogP contribution in [0.3, 0.4) is 0 Å². The lowest BCUT2D eigenvalue weighted by atomic mass is 9.48. The number of anilines is 2. The third kappa shape index (κ3) is 5.77. The Hall–Kier alpha value is -3.06. The van der Waals surface area contributed by atoms with Gasteiger partial charge in [0.25, 0.3) is 0 Å². The predicted molar refractivity (Wildman–Crippen MR) is 134 cm³/mol. The molecule has 0 aliphatic heterocycles. The molecule has 3 N–H and O–H groups in total. The minimum Gasteiger partial charge on any atom is -0.405 e. The Kier molecular flexibility index (Phi) is 6.92. The van der Waals surface area contributed by atoms with Gasteiger partial charge in [-0.1, -0.05) is 32.0 Å². The Morgan fingerprint density at radius 1 is 1.14 bits per heavy atom. The van der Waals surface area contributed by atoms with Crippen LogP contribution in [-0.2, 0) is 6.54 Å². The summed E-state index contributed by atoms with van der Waals surface area (Å²) in [6.45, 7) is 5.22. The molecule has 198 valence electrons. The summed E-state index contributed by atoms with van der Waals surface area (Å²) in [5.74, 6) is 2.55. The molecule has 4 bridgehead atoms. The summed E-state index contributed by atoms with van der Waals surface area (Å²) in [5.41, 5.74) is 0.862. The van der Waals surface area contributed by atoms with Crippen molar-refractivity contribution >= 4 is 11.8 Å². The number of aromatic nitrogens is 2. The Labute approximate surface area is 215 Å². The van der Waals surface area contributed by atoms with Gasteiger partial charge in [0.1, 0.15) is 23.2 Å². The van der Waals surface area contributed by atoms with E-state index in [0.29, 0.717) is 40.9 Å². The van der Waals surface area contributed by atoms with Crippen molar-refractivity contribution in [3.05, 3.63) is 41.6 Å². The van der Waals surface area contributed by atoms with Crippen molar-refractivity contribution in [3.8, 4) is 11.8 Å². The zero-order chi connectivity index (χ0) is 26.2. The van der Waals surface area contributed by atoms with Gasteiger partial charge in [-0.2, -0.15) is 10.2 Å². The molecule has 7 nitrogen and oxygen atoms in total. The summed E-state index contributed by atoms with van der Waals surface area (Å²) in [5, 5.41) is 19.9. The molecule has 1 unspecified atom stereocenters. The van der Waals surface area contributed by atoms with Gasteiger partial charge in [0.15, 0.2) is 0 Å². The van der Waals surface area contributed by atoms with Crippen molar-refractivity contribution < 1.29 is 17.9 Å². The molecule has 1 aromatic carbocycles. The van der Waals surface area contributed by atoms with E-state index in [2.05, 4.69) is 50.6 Å². The number of nitrogens with one attached hydrogen (secondary N) is 3. The fourth-order valence-electron chi connectivity index (χ4n) is 7.07.